The average molecular weight is 307 g/mol. The minimum absolute atomic E-state index is 0.00684. The maximum atomic E-state index is 8.83. The monoisotopic (exact) mass is 307 g/mol. The van der Waals surface area contributed by atoms with Crippen molar-refractivity contribution in [1.29, 1.82) is 0 Å². The van der Waals surface area contributed by atoms with E-state index in [1.165, 1.54) is 37.7 Å². The molecule has 0 spiro atoms. The number of methoxy groups -OCH3 is 1. The van der Waals surface area contributed by atoms with Gasteiger partial charge in [-0.3, -0.25) is 0 Å². The summed E-state index contributed by atoms with van der Waals surface area (Å²) in [4.78, 5) is 0. The molecule has 0 heterocycles. The Morgan fingerprint density at radius 3 is 2.59 bits per heavy atom. The SMILES string of the molecule is CCC1CCC(NCc2ccc(OCCO)c(OC)c2)CC1. The lowest BCUT2D eigenvalue weighted by atomic mass is 9.84. The molecule has 0 saturated heterocycles. The van der Waals surface area contributed by atoms with E-state index in [9.17, 15) is 0 Å². The Labute approximate surface area is 133 Å². The van der Waals surface area contributed by atoms with E-state index in [1.54, 1.807) is 7.11 Å². The molecule has 0 aromatic heterocycles. The number of benzene rings is 1. The van der Waals surface area contributed by atoms with Crippen LogP contribution in [-0.2, 0) is 6.54 Å². The molecule has 124 valence electrons. The summed E-state index contributed by atoms with van der Waals surface area (Å²) < 4.78 is 10.8. The Bertz CT molecular complexity index is 442. The van der Waals surface area contributed by atoms with Crippen LogP contribution in [0.3, 0.4) is 0 Å². The molecular weight excluding hydrogens is 278 g/mol. The first kappa shape index (κ1) is 17.1. The van der Waals surface area contributed by atoms with E-state index >= 15 is 0 Å². The third kappa shape index (κ3) is 4.89. The molecule has 0 aliphatic heterocycles. The van der Waals surface area contributed by atoms with Gasteiger partial charge >= 0.3 is 0 Å². The van der Waals surface area contributed by atoms with Gasteiger partial charge in [-0.1, -0.05) is 19.4 Å². The van der Waals surface area contributed by atoms with Crippen LogP contribution < -0.4 is 14.8 Å². The van der Waals surface area contributed by atoms with Crippen molar-refractivity contribution >= 4 is 0 Å². The molecule has 22 heavy (non-hydrogen) atoms. The summed E-state index contributed by atoms with van der Waals surface area (Å²) in [5.41, 5.74) is 1.20. The molecule has 0 amide bonds. The molecular formula is C18H29NO3. The fourth-order valence-corrected chi connectivity index (χ4v) is 3.13. The zero-order chi connectivity index (χ0) is 15.8. The number of hydrogen-bond donors (Lipinski definition) is 2. The largest absolute Gasteiger partial charge is 0.493 e. The average Bonchev–Trinajstić information content (AvgIpc) is 2.58. The highest BCUT2D eigenvalue weighted by atomic mass is 16.5. The highest BCUT2D eigenvalue weighted by Crippen LogP contribution is 2.29. The third-order valence-electron chi connectivity index (χ3n) is 4.60. The second kappa shape index (κ2) is 9.01. The van der Waals surface area contributed by atoms with Crippen LogP contribution in [0.5, 0.6) is 11.5 Å². The number of hydrogen-bond acceptors (Lipinski definition) is 4. The summed E-state index contributed by atoms with van der Waals surface area (Å²) >= 11 is 0. The summed E-state index contributed by atoms with van der Waals surface area (Å²) in [6.45, 7) is 3.45. The predicted octanol–water partition coefficient (Wildman–Crippen LogP) is 3.12. The summed E-state index contributed by atoms with van der Waals surface area (Å²) in [6.07, 6.45) is 6.59. The van der Waals surface area contributed by atoms with E-state index in [-0.39, 0.29) is 13.2 Å². The summed E-state index contributed by atoms with van der Waals surface area (Å²) in [7, 11) is 1.64. The van der Waals surface area contributed by atoms with Gasteiger partial charge in [0.15, 0.2) is 11.5 Å². The molecule has 1 aliphatic carbocycles. The highest BCUT2D eigenvalue weighted by Gasteiger charge is 2.19. The van der Waals surface area contributed by atoms with Gasteiger partial charge in [0.05, 0.1) is 13.7 Å². The maximum absolute atomic E-state index is 8.83. The molecule has 0 radical (unpaired) electrons. The molecule has 1 aromatic rings. The third-order valence-corrected chi connectivity index (χ3v) is 4.60. The van der Waals surface area contributed by atoms with Gasteiger partial charge < -0.3 is 19.9 Å². The van der Waals surface area contributed by atoms with Crippen LogP contribution in [0.25, 0.3) is 0 Å². The second-order valence-corrected chi connectivity index (χ2v) is 6.06. The lowest BCUT2D eigenvalue weighted by molar-refractivity contribution is 0.196. The van der Waals surface area contributed by atoms with E-state index in [4.69, 9.17) is 14.6 Å². The quantitative estimate of drug-likeness (QED) is 0.775. The Kier molecular flexibility index (Phi) is 7.00. The lowest BCUT2D eigenvalue weighted by Gasteiger charge is -2.28. The van der Waals surface area contributed by atoms with E-state index < -0.39 is 0 Å². The standard InChI is InChI=1S/C18H29NO3/c1-3-14-4-7-16(8-5-14)19-13-15-6-9-17(22-11-10-20)18(12-15)21-2/h6,9,12,14,16,19-20H,3-5,7-8,10-11,13H2,1-2H3. The summed E-state index contributed by atoms with van der Waals surface area (Å²) in [5.74, 6) is 2.34. The molecule has 1 aromatic carbocycles. The molecule has 2 rings (SSSR count). The molecule has 0 bridgehead atoms. The van der Waals surface area contributed by atoms with Crippen molar-refractivity contribution in [2.45, 2.75) is 51.6 Å². The van der Waals surface area contributed by atoms with Gasteiger partial charge in [0.25, 0.3) is 0 Å². The zero-order valence-electron chi connectivity index (χ0n) is 13.8. The molecule has 2 N–H and O–H groups in total. The molecule has 1 fully saturated rings. The maximum Gasteiger partial charge on any atom is 0.161 e. The first-order valence-corrected chi connectivity index (χ1v) is 8.40. The first-order valence-electron chi connectivity index (χ1n) is 8.40. The molecule has 0 unspecified atom stereocenters. The van der Waals surface area contributed by atoms with Crippen LogP contribution in [0.4, 0.5) is 0 Å². The van der Waals surface area contributed by atoms with Gasteiger partial charge in [0.1, 0.15) is 6.61 Å². The number of rotatable bonds is 8. The van der Waals surface area contributed by atoms with E-state index in [0.717, 1.165) is 18.2 Å². The van der Waals surface area contributed by atoms with Crippen LogP contribution in [0, 0.1) is 5.92 Å². The smallest absolute Gasteiger partial charge is 0.161 e. The Morgan fingerprint density at radius 2 is 1.95 bits per heavy atom. The van der Waals surface area contributed by atoms with Crippen molar-refractivity contribution in [3.63, 3.8) is 0 Å². The van der Waals surface area contributed by atoms with E-state index in [2.05, 4.69) is 18.3 Å². The number of nitrogens with one attached hydrogen (secondary N) is 1. The van der Waals surface area contributed by atoms with Crippen molar-refractivity contribution in [3.05, 3.63) is 23.8 Å². The van der Waals surface area contributed by atoms with E-state index in [1.807, 2.05) is 12.1 Å². The van der Waals surface area contributed by atoms with Gasteiger partial charge in [-0.15, -0.1) is 0 Å². The van der Waals surface area contributed by atoms with Gasteiger partial charge in [0.2, 0.25) is 0 Å². The number of aliphatic hydroxyl groups excluding tert-OH is 1. The zero-order valence-corrected chi connectivity index (χ0v) is 13.8. The fraction of sp³-hybridized carbons (Fsp3) is 0.667. The summed E-state index contributed by atoms with van der Waals surface area (Å²) in [6, 6.07) is 6.62. The van der Waals surface area contributed by atoms with Crippen LogP contribution >= 0.6 is 0 Å². The van der Waals surface area contributed by atoms with Crippen LogP contribution in [0.1, 0.15) is 44.6 Å². The molecule has 1 aliphatic rings. The fourth-order valence-electron chi connectivity index (χ4n) is 3.13. The van der Waals surface area contributed by atoms with Crippen molar-refractivity contribution < 1.29 is 14.6 Å². The molecule has 1 saturated carbocycles. The van der Waals surface area contributed by atoms with Crippen molar-refractivity contribution in [2.24, 2.45) is 5.92 Å². The minimum Gasteiger partial charge on any atom is -0.493 e. The Hall–Kier alpha value is -1.26. The van der Waals surface area contributed by atoms with Crippen LogP contribution in [-0.4, -0.2) is 31.5 Å². The highest BCUT2D eigenvalue weighted by molar-refractivity contribution is 5.42. The topological polar surface area (TPSA) is 50.7 Å². The molecule has 4 heteroatoms. The van der Waals surface area contributed by atoms with Crippen molar-refractivity contribution in [1.82, 2.24) is 5.32 Å². The van der Waals surface area contributed by atoms with Gasteiger partial charge in [-0.05, 0) is 49.3 Å². The first-order chi connectivity index (χ1) is 10.8. The Morgan fingerprint density at radius 1 is 1.18 bits per heavy atom. The number of aliphatic hydroxyl groups is 1. The van der Waals surface area contributed by atoms with Gasteiger partial charge in [-0.2, -0.15) is 0 Å². The van der Waals surface area contributed by atoms with E-state index in [0.29, 0.717) is 11.8 Å². The lowest BCUT2D eigenvalue weighted by Crippen LogP contribution is -2.32. The second-order valence-electron chi connectivity index (χ2n) is 6.06. The van der Waals surface area contributed by atoms with Crippen LogP contribution in [0.15, 0.2) is 18.2 Å². The molecule has 0 atom stereocenters. The number of ether oxygens (including phenoxy) is 2. The predicted molar refractivity (Wildman–Crippen MR) is 88.5 cm³/mol. The van der Waals surface area contributed by atoms with Crippen molar-refractivity contribution in [2.75, 3.05) is 20.3 Å². The Balaban J connectivity index is 1.85. The van der Waals surface area contributed by atoms with Gasteiger partial charge in [0, 0.05) is 12.6 Å². The van der Waals surface area contributed by atoms with Gasteiger partial charge in [-0.25, -0.2) is 0 Å². The van der Waals surface area contributed by atoms with Crippen molar-refractivity contribution in [3.8, 4) is 11.5 Å². The molecule has 4 nitrogen and oxygen atoms in total. The normalized spacial score (nSPS) is 21.6. The van der Waals surface area contributed by atoms with Crippen LogP contribution in [0.2, 0.25) is 0 Å². The summed E-state index contributed by atoms with van der Waals surface area (Å²) in [5, 5.41) is 12.5. The minimum atomic E-state index is 0.00684.